The van der Waals surface area contributed by atoms with E-state index in [1.54, 1.807) is 36.1 Å². The van der Waals surface area contributed by atoms with Crippen molar-refractivity contribution in [2.45, 2.75) is 27.4 Å². The van der Waals surface area contributed by atoms with Gasteiger partial charge in [-0.2, -0.15) is 0 Å². The molecule has 0 aliphatic carbocycles. The van der Waals surface area contributed by atoms with Crippen molar-refractivity contribution in [3.63, 3.8) is 0 Å². The zero-order valence-electron chi connectivity index (χ0n) is 22.0. The number of halogens is 1. The Kier molecular flexibility index (Phi) is 9.68. The second-order valence-electron chi connectivity index (χ2n) is 8.34. The first-order valence-electron chi connectivity index (χ1n) is 12.6. The molecule has 0 radical (unpaired) electrons. The van der Waals surface area contributed by atoms with Gasteiger partial charge in [-0.15, -0.1) is 0 Å². The smallest absolute Gasteiger partial charge is 0.338 e. The van der Waals surface area contributed by atoms with Gasteiger partial charge in [0.25, 0.3) is 5.91 Å². The van der Waals surface area contributed by atoms with Gasteiger partial charge in [-0.25, -0.2) is 9.79 Å². The summed E-state index contributed by atoms with van der Waals surface area (Å²) in [4.78, 5) is 32.1. The molecule has 1 aliphatic heterocycles. The number of nitrogens with zero attached hydrogens (tertiary/aromatic N) is 2. The lowest BCUT2D eigenvalue weighted by Gasteiger charge is -2.13. The SMILES string of the molecule is CCOC(=O)c1cccc(N=C2SC(=Cc3ccc(OCc4ccccc4Cl)c(OCC)c3)C(=O)N2CC)c1. The van der Waals surface area contributed by atoms with E-state index < -0.39 is 5.97 Å². The van der Waals surface area contributed by atoms with Crippen LogP contribution in [0, 0.1) is 0 Å². The topological polar surface area (TPSA) is 77.4 Å². The van der Waals surface area contributed by atoms with Crippen molar-refractivity contribution in [1.29, 1.82) is 0 Å². The lowest BCUT2D eigenvalue weighted by atomic mass is 10.1. The lowest BCUT2D eigenvalue weighted by molar-refractivity contribution is -0.122. The van der Waals surface area contributed by atoms with E-state index in [0.29, 0.717) is 64.2 Å². The first-order chi connectivity index (χ1) is 18.9. The van der Waals surface area contributed by atoms with Gasteiger partial charge in [0.15, 0.2) is 16.7 Å². The summed E-state index contributed by atoms with van der Waals surface area (Å²) >= 11 is 7.54. The predicted molar refractivity (Wildman–Crippen MR) is 156 cm³/mol. The molecule has 3 aromatic rings. The molecule has 1 amide bonds. The largest absolute Gasteiger partial charge is 0.490 e. The van der Waals surface area contributed by atoms with Gasteiger partial charge in [0.05, 0.1) is 29.4 Å². The summed E-state index contributed by atoms with van der Waals surface area (Å²) in [5, 5.41) is 1.18. The Morgan fingerprint density at radius 1 is 0.974 bits per heavy atom. The Morgan fingerprint density at radius 2 is 1.79 bits per heavy atom. The van der Waals surface area contributed by atoms with E-state index >= 15 is 0 Å². The Morgan fingerprint density at radius 3 is 2.54 bits per heavy atom. The van der Waals surface area contributed by atoms with Crippen LogP contribution in [-0.2, 0) is 16.1 Å². The van der Waals surface area contributed by atoms with Crippen molar-refractivity contribution >= 4 is 52.2 Å². The standard InChI is InChI=1S/C30H29ClN2O5S/c1-4-33-28(34)27(39-30(33)32-23-12-9-11-21(18-23)29(35)37-6-3)17-20-14-15-25(26(16-20)36-5-2)38-19-22-10-7-8-13-24(22)31/h7-18H,4-6,19H2,1-3H3. The van der Waals surface area contributed by atoms with Gasteiger partial charge in [-0.05, 0) is 80.6 Å². The molecule has 1 fully saturated rings. The minimum atomic E-state index is -0.410. The Labute approximate surface area is 237 Å². The molecule has 0 bridgehead atoms. The van der Waals surface area contributed by atoms with Gasteiger partial charge in [-0.1, -0.05) is 41.9 Å². The predicted octanol–water partition coefficient (Wildman–Crippen LogP) is 7.12. The summed E-state index contributed by atoms with van der Waals surface area (Å²) in [5.74, 6) is 0.612. The number of carbonyl (C=O) groups excluding carboxylic acids is 2. The molecule has 202 valence electrons. The fraction of sp³-hybridized carbons (Fsp3) is 0.233. The lowest BCUT2D eigenvalue weighted by Crippen LogP contribution is -2.28. The number of benzene rings is 3. The third-order valence-corrected chi connectivity index (χ3v) is 7.07. The van der Waals surface area contributed by atoms with E-state index in [9.17, 15) is 9.59 Å². The molecule has 9 heteroatoms. The average molecular weight is 565 g/mol. The maximum atomic E-state index is 13.2. The zero-order valence-corrected chi connectivity index (χ0v) is 23.6. The molecular weight excluding hydrogens is 536 g/mol. The monoisotopic (exact) mass is 564 g/mol. The maximum absolute atomic E-state index is 13.2. The highest BCUT2D eigenvalue weighted by Crippen LogP contribution is 2.36. The molecule has 0 spiro atoms. The number of carbonyl (C=O) groups is 2. The first kappa shape index (κ1) is 28.3. The summed E-state index contributed by atoms with van der Waals surface area (Å²) in [7, 11) is 0. The first-order valence-corrected chi connectivity index (χ1v) is 13.8. The van der Waals surface area contributed by atoms with Gasteiger partial charge in [0.1, 0.15) is 6.61 Å². The fourth-order valence-corrected chi connectivity index (χ4v) is 5.07. The van der Waals surface area contributed by atoms with Crippen molar-refractivity contribution in [1.82, 2.24) is 4.90 Å². The number of aliphatic imine (C=N–C) groups is 1. The van der Waals surface area contributed by atoms with Crippen LogP contribution in [0.3, 0.4) is 0 Å². The quantitative estimate of drug-likeness (QED) is 0.193. The van der Waals surface area contributed by atoms with Gasteiger partial charge in [0, 0.05) is 17.1 Å². The number of likely N-dealkylation sites (N-methyl/N-ethyl adjacent to an activating group) is 1. The van der Waals surface area contributed by atoms with E-state index in [0.717, 1.165) is 11.1 Å². The summed E-state index contributed by atoms with van der Waals surface area (Å²) in [6.07, 6.45) is 1.81. The van der Waals surface area contributed by atoms with Crippen LogP contribution in [0.5, 0.6) is 11.5 Å². The highest BCUT2D eigenvalue weighted by atomic mass is 35.5. The van der Waals surface area contributed by atoms with Crippen LogP contribution in [0.4, 0.5) is 5.69 Å². The summed E-state index contributed by atoms with van der Waals surface area (Å²) in [6.45, 7) is 7.06. The second kappa shape index (κ2) is 13.4. The molecule has 1 aliphatic rings. The van der Waals surface area contributed by atoms with Crippen LogP contribution in [-0.4, -0.2) is 41.7 Å². The van der Waals surface area contributed by atoms with E-state index in [1.165, 1.54) is 11.8 Å². The summed E-state index contributed by atoms with van der Waals surface area (Å²) < 4.78 is 16.9. The van der Waals surface area contributed by atoms with E-state index in [2.05, 4.69) is 4.99 Å². The number of ether oxygens (including phenoxy) is 3. The molecule has 0 N–H and O–H groups in total. The number of hydrogen-bond donors (Lipinski definition) is 0. The Bertz CT molecular complexity index is 1420. The average Bonchev–Trinajstić information content (AvgIpc) is 3.22. The normalized spacial score (nSPS) is 15.2. The number of rotatable bonds is 10. The van der Waals surface area contributed by atoms with Crippen LogP contribution in [0.15, 0.2) is 76.6 Å². The van der Waals surface area contributed by atoms with Crippen LogP contribution in [0.2, 0.25) is 5.02 Å². The molecule has 4 rings (SSSR count). The fourth-order valence-electron chi connectivity index (χ4n) is 3.82. The number of amidine groups is 1. The summed E-state index contributed by atoms with van der Waals surface area (Å²) in [6, 6.07) is 19.9. The van der Waals surface area contributed by atoms with Crippen molar-refractivity contribution in [3.05, 3.63) is 93.3 Å². The number of hydrogen-bond acceptors (Lipinski definition) is 7. The van der Waals surface area contributed by atoms with E-state index in [4.69, 9.17) is 25.8 Å². The molecule has 0 saturated carbocycles. The molecule has 39 heavy (non-hydrogen) atoms. The van der Waals surface area contributed by atoms with Gasteiger partial charge in [-0.3, -0.25) is 9.69 Å². The Hall–Kier alpha value is -3.75. The molecule has 0 atom stereocenters. The van der Waals surface area contributed by atoms with Crippen molar-refractivity contribution in [2.75, 3.05) is 19.8 Å². The van der Waals surface area contributed by atoms with Crippen molar-refractivity contribution in [2.24, 2.45) is 4.99 Å². The van der Waals surface area contributed by atoms with Crippen LogP contribution >= 0.6 is 23.4 Å². The minimum Gasteiger partial charge on any atom is -0.490 e. The van der Waals surface area contributed by atoms with Crippen molar-refractivity contribution < 1.29 is 23.8 Å². The van der Waals surface area contributed by atoms with E-state index in [1.807, 2.05) is 62.4 Å². The van der Waals surface area contributed by atoms with Gasteiger partial charge >= 0.3 is 5.97 Å². The molecule has 3 aromatic carbocycles. The van der Waals surface area contributed by atoms with Gasteiger partial charge in [0.2, 0.25) is 0 Å². The van der Waals surface area contributed by atoms with Crippen LogP contribution in [0.1, 0.15) is 42.3 Å². The zero-order chi connectivity index (χ0) is 27.8. The van der Waals surface area contributed by atoms with Crippen LogP contribution in [0.25, 0.3) is 6.08 Å². The number of amides is 1. The molecule has 7 nitrogen and oxygen atoms in total. The third-order valence-electron chi connectivity index (χ3n) is 5.69. The molecular formula is C30H29ClN2O5S. The van der Waals surface area contributed by atoms with Crippen LogP contribution < -0.4 is 9.47 Å². The highest BCUT2D eigenvalue weighted by molar-refractivity contribution is 8.18. The number of esters is 1. The number of thioether (sulfide) groups is 1. The van der Waals surface area contributed by atoms with Crippen molar-refractivity contribution in [3.8, 4) is 11.5 Å². The molecule has 1 saturated heterocycles. The van der Waals surface area contributed by atoms with E-state index in [-0.39, 0.29) is 5.91 Å². The second-order valence-corrected chi connectivity index (χ2v) is 9.76. The third kappa shape index (κ3) is 7.02. The molecule has 0 unspecified atom stereocenters. The highest BCUT2D eigenvalue weighted by Gasteiger charge is 2.32. The Balaban J connectivity index is 1.56. The minimum absolute atomic E-state index is 0.139. The van der Waals surface area contributed by atoms with Gasteiger partial charge < -0.3 is 14.2 Å². The maximum Gasteiger partial charge on any atom is 0.338 e. The summed E-state index contributed by atoms with van der Waals surface area (Å²) in [5.41, 5.74) is 2.64. The molecule has 1 heterocycles. The molecule has 0 aromatic heterocycles.